The molecule has 1 saturated heterocycles. The average molecular weight is 367 g/mol. The first-order valence-electron chi connectivity index (χ1n) is 9.61. The number of benzene rings is 2. The molecule has 4 nitrogen and oxygen atoms in total. The second kappa shape index (κ2) is 8.01. The topological polar surface area (TPSA) is 27.7 Å². The van der Waals surface area contributed by atoms with E-state index in [-0.39, 0.29) is 11.9 Å². The summed E-state index contributed by atoms with van der Waals surface area (Å²) in [4.78, 5) is 4.38. The van der Waals surface area contributed by atoms with Gasteiger partial charge in [-0.1, -0.05) is 12.1 Å². The van der Waals surface area contributed by atoms with Gasteiger partial charge in [0.25, 0.3) is 0 Å². The number of halogens is 1. The lowest BCUT2D eigenvalue weighted by atomic mass is 10.1. The Kier molecular flexibility index (Phi) is 5.30. The Morgan fingerprint density at radius 3 is 2.78 bits per heavy atom. The molecule has 2 aliphatic heterocycles. The summed E-state index contributed by atoms with van der Waals surface area (Å²) in [6.07, 6.45) is 6.55. The molecule has 5 heteroatoms. The van der Waals surface area contributed by atoms with E-state index >= 15 is 0 Å². The largest absolute Gasteiger partial charge is 0.492 e. The molecule has 0 unspecified atom stereocenters. The third-order valence-electron chi connectivity index (χ3n) is 5.36. The van der Waals surface area contributed by atoms with Crippen LogP contribution >= 0.6 is 0 Å². The lowest BCUT2D eigenvalue weighted by Crippen LogP contribution is -2.28. The quantitative estimate of drug-likeness (QED) is 0.825. The Bertz CT molecular complexity index is 786. The summed E-state index contributed by atoms with van der Waals surface area (Å²) in [7, 11) is 0. The van der Waals surface area contributed by atoms with Crippen molar-refractivity contribution in [2.45, 2.75) is 31.8 Å². The van der Waals surface area contributed by atoms with Gasteiger partial charge in [-0.25, -0.2) is 4.39 Å². The zero-order chi connectivity index (χ0) is 18.6. The highest BCUT2D eigenvalue weighted by atomic mass is 19.1. The van der Waals surface area contributed by atoms with E-state index in [1.165, 1.54) is 18.9 Å². The van der Waals surface area contributed by atoms with Crippen LogP contribution in [0.15, 0.2) is 60.9 Å². The maximum Gasteiger partial charge on any atom is 0.123 e. The molecule has 1 fully saturated rings. The molecular weight excluding hydrogens is 341 g/mol. The molecule has 0 saturated carbocycles. The zero-order valence-electron chi connectivity index (χ0n) is 15.6. The Labute approximate surface area is 160 Å². The summed E-state index contributed by atoms with van der Waals surface area (Å²) in [6, 6.07) is 15.6. The van der Waals surface area contributed by atoms with Gasteiger partial charge in [0.15, 0.2) is 0 Å². The minimum Gasteiger partial charge on any atom is -0.492 e. The summed E-state index contributed by atoms with van der Waals surface area (Å²) < 4.78 is 19.4. The maximum atomic E-state index is 13.5. The smallest absolute Gasteiger partial charge is 0.123 e. The van der Waals surface area contributed by atoms with Gasteiger partial charge < -0.3 is 19.9 Å². The van der Waals surface area contributed by atoms with E-state index in [9.17, 15) is 4.39 Å². The summed E-state index contributed by atoms with van der Waals surface area (Å²) in [5, 5.41) is 3.44. The van der Waals surface area contributed by atoms with Crippen molar-refractivity contribution in [3.05, 3.63) is 72.3 Å². The predicted octanol–water partition coefficient (Wildman–Crippen LogP) is 4.27. The third kappa shape index (κ3) is 4.25. The normalized spacial score (nSPS) is 20.3. The van der Waals surface area contributed by atoms with Crippen molar-refractivity contribution in [3.8, 4) is 5.75 Å². The van der Waals surface area contributed by atoms with Crippen LogP contribution in [0.5, 0.6) is 5.75 Å². The monoisotopic (exact) mass is 367 g/mol. The first-order chi connectivity index (χ1) is 13.2. The van der Waals surface area contributed by atoms with E-state index in [0.717, 1.165) is 36.8 Å². The van der Waals surface area contributed by atoms with E-state index < -0.39 is 0 Å². The second-order valence-corrected chi connectivity index (χ2v) is 7.25. The summed E-state index contributed by atoms with van der Waals surface area (Å²) in [6.45, 7) is 4.65. The number of nitrogens with one attached hydrogen (secondary N) is 1. The van der Waals surface area contributed by atoms with Gasteiger partial charge in [0.05, 0.1) is 12.7 Å². The average Bonchev–Trinajstić information content (AvgIpc) is 3.38. The highest BCUT2D eigenvalue weighted by Crippen LogP contribution is 2.28. The van der Waals surface area contributed by atoms with Crippen LogP contribution in [0.25, 0.3) is 0 Å². The molecule has 0 radical (unpaired) electrons. The molecule has 0 spiro atoms. The molecule has 2 heterocycles. The first kappa shape index (κ1) is 17.9. The first-order valence-corrected chi connectivity index (χ1v) is 9.61. The van der Waals surface area contributed by atoms with Crippen molar-refractivity contribution in [2.24, 2.45) is 0 Å². The SMILES string of the molecule is C[C@H](c1cccc(F)c1)N1C=CN(c2ccc(OC[C@@H]3CCCN3)cc2)C1. The van der Waals surface area contributed by atoms with Crippen molar-refractivity contribution >= 4 is 5.69 Å². The number of hydrogen-bond donors (Lipinski definition) is 1. The molecule has 27 heavy (non-hydrogen) atoms. The van der Waals surface area contributed by atoms with Gasteiger partial charge in [-0.15, -0.1) is 0 Å². The fourth-order valence-electron chi connectivity index (χ4n) is 3.64. The van der Waals surface area contributed by atoms with Gasteiger partial charge >= 0.3 is 0 Å². The van der Waals surface area contributed by atoms with E-state index in [2.05, 4.69) is 46.6 Å². The summed E-state index contributed by atoms with van der Waals surface area (Å²) in [5.41, 5.74) is 2.09. The molecule has 2 aromatic rings. The molecule has 0 amide bonds. The number of anilines is 1. The third-order valence-corrected chi connectivity index (χ3v) is 5.36. The molecule has 142 valence electrons. The van der Waals surface area contributed by atoms with Crippen molar-refractivity contribution in [1.29, 1.82) is 0 Å². The van der Waals surface area contributed by atoms with Crippen LogP contribution in [-0.2, 0) is 0 Å². The molecule has 0 bridgehead atoms. The van der Waals surface area contributed by atoms with Crippen LogP contribution < -0.4 is 15.0 Å². The van der Waals surface area contributed by atoms with Crippen LogP contribution in [-0.4, -0.2) is 30.8 Å². The molecule has 2 aromatic carbocycles. The van der Waals surface area contributed by atoms with Crippen LogP contribution in [0.2, 0.25) is 0 Å². The number of hydrogen-bond acceptors (Lipinski definition) is 4. The minimum atomic E-state index is -0.192. The van der Waals surface area contributed by atoms with Gasteiger partial charge in [-0.05, 0) is 68.3 Å². The highest BCUT2D eigenvalue weighted by Gasteiger charge is 2.20. The molecular formula is C22H26FN3O. The molecule has 2 atom stereocenters. The van der Waals surface area contributed by atoms with Crippen molar-refractivity contribution < 1.29 is 9.13 Å². The van der Waals surface area contributed by atoms with Gasteiger partial charge in [0, 0.05) is 24.1 Å². The Morgan fingerprint density at radius 2 is 2.04 bits per heavy atom. The lowest BCUT2D eigenvalue weighted by molar-refractivity contribution is 0.277. The van der Waals surface area contributed by atoms with Crippen LogP contribution in [0.1, 0.15) is 31.4 Å². The number of ether oxygens (including phenoxy) is 1. The van der Waals surface area contributed by atoms with Gasteiger partial charge in [0.1, 0.15) is 18.2 Å². The number of rotatable bonds is 6. The Hall–Kier alpha value is -2.53. The predicted molar refractivity (Wildman–Crippen MR) is 106 cm³/mol. The Balaban J connectivity index is 1.34. The fraction of sp³-hybridized carbons (Fsp3) is 0.364. The van der Waals surface area contributed by atoms with Crippen molar-refractivity contribution in [3.63, 3.8) is 0 Å². The van der Waals surface area contributed by atoms with E-state index in [0.29, 0.717) is 6.04 Å². The lowest BCUT2D eigenvalue weighted by Gasteiger charge is -2.27. The molecule has 2 aliphatic rings. The fourth-order valence-corrected chi connectivity index (χ4v) is 3.64. The van der Waals surface area contributed by atoms with Gasteiger partial charge in [-0.3, -0.25) is 0 Å². The summed E-state index contributed by atoms with van der Waals surface area (Å²) >= 11 is 0. The van der Waals surface area contributed by atoms with E-state index in [4.69, 9.17) is 4.74 Å². The zero-order valence-corrected chi connectivity index (χ0v) is 15.6. The minimum absolute atomic E-state index is 0.114. The van der Waals surface area contributed by atoms with Crippen LogP contribution in [0.4, 0.5) is 10.1 Å². The summed E-state index contributed by atoms with van der Waals surface area (Å²) in [5.74, 6) is 0.711. The standard InChI is InChI=1S/C22H26FN3O/c1-17(18-4-2-5-19(23)14-18)25-12-13-26(16-25)21-7-9-22(10-8-21)27-15-20-6-3-11-24-20/h2,4-5,7-10,12-14,17,20,24H,3,6,11,15-16H2,1H3/t17-,20+/m1/s1. The van der Waals surface area contributed by atoms with Crippen LogP contribution in [0, 0.1) is 5.82 Å². The Morgan fingerprint density at radius 1 is 1.19 bits per heavy atom. The maximum absolute atomic E-state index is 13.5. The van der Waals surface area contributed by atoms with Gasteiger partial charge in [-0.2, -0.15) is 0 Å². The second-order valence-electron chi connectivity index (χ2n) is 7.25. The van der Waals surface area contributed by atoms with E-state index in [1.807, 2.05) is 18.2 Å². The van der Waals surface area contributed by atoms with Crippen molar-refractivity contribution in [1.82, 2.24) is 10.2 Å². The highest BCUT2D eigenvalue weighted by molar-refractivity contribution is 5.52. The molecule has 0 aliphatic carbocycles. The molecule has 1 N–H and O–H groups in total. The number of nitrogens with zero attached hydrogens (tertiary/aromatic N) is 2. The molecule has 0 aromatic heterocycles. The van der Waals surface area contributed by atoms with E-state index in [1.54, 1.807) is 12.1 Å². The van der Waals surface area contributed by atoms with Gasteiger partial charge in [0.2, 0.25) is 0 Å². The van der Waals surface area contributed by atoms with Crippen LogP contribution in [0.3, 0.4) is 0 Å². The van der Waals surface area contributed by atoms with Crippen molar-refractivity contribution in [2.75, 3.05) is 24.7 Å². The molecule has 4 rings (SSSR count).